The predicted molar refractivity (Wildman–Crippen MR) is 114 cm³/mol. The maximum absolute atomic E-state index is 12.7. The molecule has 0 aromatic heterocycles. The predicted octanol–water partition coefficient (Wildman–Crippen LogP) is 2.75. The third kappa shape index (κ3) is 4.97. The van der Waals surface area contributed by atoms with E-state index in [0.29, 0.717) is 22.2 Å². The molecule has 7 nitrogen and oxygen atoms in total. The number of methoxy groups -OCH3 is 1. The summed E-state index contributed by atoms with van der Waals surface area (Å²) in [6, 6.07) is 6.53. The number of rotatable bonds is 6. The third-order valence-electron chi connectivity index (χ3n) is 4.94. The lowest BCUT2D eigenvalue weighted by molar-refractivity contribution is -0.152. The molecule has 0 aliphatic carbocycles. The highest BCUT2D eigenvalue weighted by atomic mass is 32.2. The number of carbonyl (C=O) groups excluding carboxylic acids is 2. The molecule has 9 heteroatoms. The van der Waals surface area contributed by atoms with E-state index in [9.17, 15) is 19.5 Å². The summed E-state index contributed by atoms with van der Waals surface area (Å²) in [7, 11) is 1.59. The minimum atomic E-state index is -0.980. The van der Waals surface area contributed by atoms with Crippen LogP contribution >= 0.6 is 24.0 Å². The number of ether oxygens (including phenoxy) is 1. The van der Waals surface area contributed by atoms with Gasteiger partial charge in [-0.25, -0.2) is 4.79 Å². The van der Waals surface area contributed by atoms with Gasteiger partial charge in [0.05, 0.1) is 12.0 Å². The van der Waals surface area contributed by atoms with Crippen LogP contribution in [0.3, 0.4) is 0 Å². The Kier molecular flexibility index (Phi) is 6.92. The second kappa shape index (κ2) is 9.41. The zero-order valence-electron chi connectivity index (χ0n) is 16.0. The number of thioether (sulfide) groups is 1. The molecule has 1 aromatic carbocycles. The average molecular weight is 435 g/mol. The number of thiocarbonyl (C=S) groups is 1. The molecule has 2 aliphatic rings. The van der Waals surface area contributed by atoms with Gasteiger partial charge in [-0.1, -0.05) is 36.1 Å². The van der Waals surface area contributed by atoms with Gasteiger partial charge in [0.25, 0.3) is 5.91 Å². The first-order valence-corrected chi connectivity index (χ1v) is 10.5. The van der Waals surface area contributed by atoms with Gasteiger partial charge >= 0.3 is 5.97 Å². The maximum Gasteiger partial charge on any atom is 0.326 e. The Labute approximate surface area is 178 Å². The van der Waals surface area contributed by atoms with E-state index in [2.05, 4.69) is 0 Å². The number of carbonyl (C=O) groups is 3. The number of nitrogens with zero attached hydrogens (tertiary/aromatic N) is 2. The standard InChI is InChI=1S/C20H22N2O5S2/c1-27-14-7-5-13(6-8-14)12-16-18(24)22(20(28)29-16)11-9-17(23)21-10-3-2-4-15(21)19(25)26/h5-8,12,15H,2-4,9-11H2,1H3,(H,25,26). The summed E-state index contributed by atoms with van der Waals surface area (Å²) in [4.78, 5) is 40.0. The summed E-state index contributed by atoms with van der Waals surface area (Å²) in [5.74, 6) is -0.751. The highest BCUT2D eigenvalue weighted by molar-refractivity contribution is 8.26. The summed E-state index contributed by atoms with van der Waals surface area (Å²) in [5.41, 5.74) is 0.847. The van der Waals surface area contributed by atoms with E-state index in [-0.39, 0.29) is 24.8 Å². The first-order chi connectivity index (χ1) is 13.9. The number of hydrogen-bond donors (Lipinski definition) is 1. The molecule has 29 heavy (non-hydrogen) atoms. The summed E-state index contributed by atoms with van der Waals surface area (Å²) in [5, 5.41) is 9.33. The molecule has 1 atom stereocenters. The number of piperidine rings is 1. The van der Waals surface area contributed by atoms with E-state index in [4.69, 9.17) is 17.0 Å². The summed E-state index contributed by atoms with van der Waals surface area (Å²) >= 11 is 6.51. The Morgan fingerprint density at radius 2 is 2.03 bits per heavy atom. The summed E-state index contributed by atoms with van der Waals surface area (Å²) in [6.07, 6.45) is 3.86. The van der Waals surface area contributed by atoms with Gasteiger partial charge in [-0.3, -0.25) is 14.5 Å². The molecule has 2 amide bonds. The van der Waals surface area contributed by atoms with Crippen molar-refractivity contribution in [2.45, 2.75) is 31.7 Å². The van der Waals surface area contributed by atoms with Crippen LogP contribution in [0.5, 0.6) is 5.75 Å². The molecule has 1 unspecified atom stereocenters. The lowest BCUT2D eigenvalue weighted by atomic mass is 10.0. The number of hydrogen-bond acceptors (Lipinski definition) is 6. The largest absolute Gasteiger partial charge is 0.497 e. The van der Waals surface area contributed by atoms with Crippen LogP contribution < -0.4 is 4.74 Å². The second-order valence-electron chi connectivity index (χ2n) is 6.79. The quantitative estimate of drug-likeness (QED) is 0.544. The van der Waals surface area contributed by atoms with E-state index in [1.165, 1.54) is 21.6 Å². The molecule has 2 heterocycles. The Balaban J connectivity index is 1.63. The molecular weight excluding hydrogens is 412 g/mol. The van der Waals surface area contributed by atoms with E-state index in [1.807, 2.05) is 24.3 Å². The lowest BCUT2D eigenvalue weighted by Gasteiger charge is -2.33. The molecule has 1 N–H and O–H groups in total. The summed E-state index contributed by atoms with van der Waals surface area (Å²) in [6.45, 7) is 0.581. The Bertz CT molecular complexity index is 853. The molecule has 2 aliphatic heterocycles. The van der Waals surface area contributed by atoms with Crippen LogP contribution in [-0.4, -0.2) is 63.3 Å². The Morgan fingerprint density at radius 1 is 1.31 bits per heavy atom. The fourth-order valence-corrected chi connectivity index (χ4v) is 4.69. The molecule has 0 bridgehead atoms. The zero-order valence-corrected chi connectivity index (χ0v) is 17.6. The van der Waals surface area contributed by atoms with Gasteiger partial charge in [0.1, 0.15) is 16.1 Å². The van der Waals surface area contributed by atoms with Crippen molar-refractivity contribution >= 4 is 52.2 Å². The fraction of sp³-hybridized carbons (Fsp3) is 0.400. The van der Waals surface area contributed by atoms with E-state index >= 15 is 0 Å². The third-order valence-corrected chi connectivity index (χ3v) is 6.32. The number of amides is 2. The number of aliphatic carboxylic acids is 1. The number of carboxylic acids is 1. The van der Waals surface area contributed by atoms with Crippen molar-refractivity contribution in [2.75, 3.05) is 20.2 Å². The van der Waals surface area contributed by atoms with Crippen molar-refractivity contribution in [1.29, 1.82) is 0 Å². The zero-order chi connectivity index (χ0) is 21.0. The molecule has 2 saturated heterocycles. The normalized spacial score (nSPS) is 21.0. The van der Waals surface area contributed by atoms with E-state index in [0.717, 1.165) is 24.2 Å². The number of likely N-dealkylation sites (tertiary alicyclic amines) is 1. The molecule has 0 spiro atoms. The number of carboxylic acid groups (broad SMARTS) is 1. The summed E-state index contributed by atoms with van der Waals surface area (Å²) < 4.78 is 5.53. The molecule has 0 saturated carbocycles. The van der Waals surface area contributed by atoms with Crippen molar-refractivity contribution in [3.8, 4) is 5.75 Å². The van der Waals surface area contributed by atoms with Gasteiger partial charge in [-0.05, 0) is 43.0 Å². The molecule has 1 aromatic rings. The van der Waals surface area contributed by atoms with Crippen LogP contribution in [0.25, 0.3) is 6.08 Å². The fourth-order valence-electron chi connectivity index (χ4n) is 3.38. The van der Waals surface area contributed by atoms with Crippen LogP contribution in [0.2, 0.25) is 0 Å². The van der Waals surface area contributed by atoms with Crippen LogP contribution in [0, 0.1) is 0 Å². The highest BCUT2D eigenvalue weighted by Gasteiger charge is 2.35. The highest BCUT2D eigenvalue weighted by Crippen LogP contribution is 2.33. The molecule has 2 fully saturated rings. The molecule has 154 valence electrons. The van der Waals surface area contributed by atoms with Gasteiger partial charge in [-0.15, -0.1) is 0 Å². The van der Waals surface area contributed by atoms with Crippen LogP contribution in [0.15, 0.2) is 29.2 Å². The van der Waals surface area contributed by atoms with E-state index < -0.39 is 12.0 Å². The van der Waals surface area contributed by atoms with Crippen molar-refractivity contribution in [3.05, 3.63) is 34.7 Å². The first kappa shape index (κ1) is 21.3. The van der Waals surface area contributed by atoms with Gasteiger partial charge < -0.3 is 14.7 Å². The molecule has 3 rings (SSSR count). The van der Waals surface area contributed by atoms with Gasteiger partial charge in [0.15, 0.2) is 0 Å². The van der Waals surface area contributed by atoms with Crippen molar-refractivity contribution in [1.82, 2.24) is 9.80 Å². The first-order valence-electron chi connectivity index (χ1n) is 9.32. The minimum Gasteiger partial charge on any atom is -0.497 e. The smallest absolute Gasteiger partial charge is 0.326 e. The number of benzene rings is 1. The second-order valence-corrected chi connectivity index (χ2v) is 8.47. The van der Waals surface area contributed by atoms with Gasteiger partial charge in [0, 0.05) is 19.5 Å². The maximum atomic E-state index is 12.7. The lowest BCUT2D eigenvalue weighted by Crippen LogP contribution is -2.48. The Morgan fingerprint density at radius 3 is 2.69 bits per heavy atom. The Hall–Kier alpha value is -2.39. The van der Waals surface area contributed by atoms with E-state index in [1.54, 1.807) is 13.2 Å². The van der Waals surface area contributed by atoms with Crippen molar-refractivity contribution in [2.24, 2.45) is 0 Å². The molecule has 0 radical (unpaired) electrons. The topological polar surface area (TPSA) is 87.2 Å². The SMILES string of the molecule is COc1ccc(C=C2SC(=S)N(CCC(=O)N3CCCCC3C(=O)O)C2=O)cc1. The average Bonchev–Trinajstić information content (AvgIpc) is 2.99. The van der Waals surface area contributed by atoms with Gasteiger partial charge in [0.2, 0.25) is 5.91 Å². The van der Waals surface area contributed by atoms with Crippen LogP contribution in [0.4, 0.5) is 0 Å². The minimum absolute atomic E-state index is 0.0477. The monoisotopic (exact) mass is 434 g/mol. The molecular formula is C20H22N2O5S2. The van der Waals surface area contributed by atoms with Crippen molar-refractivity contribution < 1.29 is 24.2 Å². The van der Waals surface area contributed by atoms with Crippen LogP contribution in [-0.2, 0) is 14.4 Å². The van der Waals surface area contributed by atoms with Gasteiger partial charge in [-0.2, -0.15) is 0 Å². The van der Waals surface area contributed by atoms with Crippen LogP contribution in [0.1, 0.15) is 31.2 Å². The van der Waals surface area contributed by atoms with Crippen molar-refractivity contribution in [3.63, 3.8) is 0 Å².